The van der Waals surface area contributed by atoms with Gasteiger partial charge in [-0.3, -0.25) is 10.00 Å². The molecular formula is C16H22F3N3O2. The highest BCUT2D eigenvalue weighted by atomic mass is 19.3. The van der Waals surface area contributed by atoms with Crippen LogP contribution in [0, 0.1) is 0 Å². The Bertz CT molecular complexity index is 631. The Kier molecular flexibility index (Phi) is 4.25. The maximum Gasteiger partial charge on any atom is 0.413 e. The second kappa shape index (κ2) is 5.97. The van der Waals surface area contributed by atoms with Crippen LogP contribution in [-0.4, -0.2) is 34.1 Å². The standard InChI is InChI=1S/C16H22F3N3O2/c1-8(2)12-13(9-6-16(18,19)7-9)21-22(3)14(12)20-15(23)24-11-4-10(17)5-11/h8-11H,4-7H2,1-3H3,(H,20,23)/t10-,11-. The molecule has 0 spiro atoms. The van der Waals surface area contributed by atoms with Crippen molar-refractivity contribution in [3.8, 4) is 0 Å². The first kappa shape index (κ1) is 17.1. The summed E-state index contributed by atoms with van der Waals surface area (Å²) in [5, 5.41) is 7.00. The van der Waals surface area contributed by atoms with E-state index < -0.39 is 24.3 Å². The van der Waals surface area contributed by atoms with E-state index in [0.717, 1.165) is 5.56 Å². The molecule has 0 saturated heterocycles. The van der Waals surface area contributed by atoms with Gasteiger partial charge in [0.25, 0.3) is 0 Å². The lowest BCUT2D eigenvalue weighted by Gasteiger charge is -2.34. The summed E-state index contributed by atoms with van der Waals surface area (Å²) in [6.45, 7) is 3.85. The van der Waals surface area contributed by atoms with Crippen molar-refractivity contribution in [2.24, 2.45) is 7.05 Å². The number of anilines is 1. The molecular weight excluding hydrogens is 323 g/mol. The van der Waals surface area contributed by atoms with Crippen molar-refractivity contribution in [1.29, 1.82) is 0 Å². The van der Waals surface area contributed by atoms with Gasteiger partial charge in [-0.2, -0.15) is 5.10 Å². The molecule has 5 nitrogen and oxygen atoms in total. The Labute approximate surface area is 138 Å². The third-order valence-corrected chi connectivity index (χ3v) is 4.70. The lowest BCUT2D eigenvalue weighted by molar-refractivity contribution is -0.0878. The first-order valence-electron chi connectivity index (χ1n) is 8.22. The van der Waals surface area contributed by atoms with E-state index >= 15 is 0 Å². The highest BCUT2D eigenvalue weighted by molar-refractivity contribution is 5.85. The van der Waals surface area contributed by atoms with Crippen LogP contribution in [0.3, 0.4) is 0 Å². The molecule has 2 saturated carbocycles. The first-order valence-corrected chi connectivity index (χ1v) is 8.22. The molecule has 1 amide bonds. The second-order valence-corrected chi connectivity index (χ2v) is 7.11. The molecule has 2 aliphatic carbocycles. The summed E-state index contributed by atoms with van der Waals surface area (Å²) in [4.78, 5) is 12.0. The van der Waals surface area contributed by atoms with E-state index in [1.807, 2.05) is 13.8 Å². The zero-order valence-electron chi connectivity index (χ0n) is 14.0. The number of carbonyl (C=O) groups excluding carboxylic acids is 1. The van der Waals surface area contributed by atoms with Gasteiger partial charge in [0.05, 0.1) is 5.69 Å². The van der Waals surface area contributed by atoms with Gasteiger partial charge in [-0.15, -0.1) is 0 Å². The molecule has 0 atom stereocenters. The van der Waals surface area contributed by atoms with Crippen LogP contribution in [0.5, 0.6) is 0 Å². The van der Waals surface area contributed by atoms with Crippen molar-refractivity contribution >= 4 is 11.9 Å². The quantitative estimate of drug-likeness (QED) is 0.894. The molecule has 0 aliphatic heterocycles. The molecule has 0 radical (unpaired) electrons. The van der Waals surface area contributed by atoms with Crippen LogP contribution >= 0.6 is 0 Å². The van der Waals surface area contributed by atoms with Crippen LogP contribution in [0.15, 0.2) is 0 Å². The summed E-state index contributed by atoms with van der Waals surface area (Å²) in [7, 11) is 1.66. The zero-order valence-corrected chi connectivity index (χ0v) is 14.0. The zero-order chi connectivity index (χ0) is 17.6. The number of ether oxygens (including phenoxy) is 1. The maximum atomic E-state index is 13.2. The number of alkyl halides is 3. The lowest BCUT2D eigenvalue weighted by Crippen LogP contribution is -2.36. The first-order chi connectivity index (χ1) is 11.2. The van der Waals surface area contributed by atoms with Crippen LogP contribution < -0.4 is 5.32 Å². The molecule has 8 heteroatoms. The summed E-state index contributed by atoms with van der Waals surface area (Å²) in [6.07, 6.45) is -1.96. The van der Waals surface area contributed by atoms with Gasteiger partial charge in [0.1, 0.15) is 18.1 Å². The van der Waals surface area contributed by atoms with Crippen molar-refractivity contribution in [3.63, 3.8) is 0 Å². The van der Waals surface area contributed by atoms with E-state index in [0.29, 0.717) is 11.5 Å². The van der Waals surface area contributed by atoms with Crippen LogP contribution in [0.1, 0.15) is 62.6 Å². The molecule has 1 heterocycles. The summed E-state index contributed by atoms with van der Waals surface area (Å²) in [5.74, 6) is -2.46. The minimum Gasteiger partial charge on any atom is -0.446 e. The van der Waals surface area contributed by atoms with E-state index in [1.165, 1.54) is 4.68 Å². The monoisotopic (exact) mass is 345 g/mol. The summed E-state index contributed by atoms with van der Waals surface area (Å²) in [5.41, 5.74) is 1.37. The summed E-state index contributed by atoms with van der Waals surface area (Å²) >= 11 is 0. The van der Waals surface area contributed by atoms with Gasteiger partial charge < -0.3 is 4.74 Å². The smallest absolute Gasteiger partial charge is 0.413 e. The number of nitrogens with zero attached hydrogens (tertiary/aromatic N) is 2. The van der Waals surface area contributed by atoms with Gasteiger partial charge in [0.2, 0.25) is 5.92 Å². The molecule has 2 aliphatic rings. The molecule has 3 rings (SSSR count). The Morgan fingerprint density at radius 3 is 2.50 bits per heavy atom. The van der Waals surface area contributed by atoms with E-state index in [4.69, 9.17) is 4.74 Å². The number of aryl methyl sites for hydroxylation is 1. The molecule has 0 bridgehead atoms. The third kappa shape index (κ3) is 3.23. The Balaban J connectivity index is 1.74. The van der Waals surface area contributed by atoms with Gasteiger partial charge in [-0.05, 0) is 5.92 Å². The van der Waals surface area contributed by atoms with E-state index in [9.17, 15) is 18.0 Å². The number of carbonyl (C=O) groups is 1. The van der Waals surface area contributed by atoms with Gasteiger partial charge in [0, 0.05) is 44.2 Å². The van der Waals surface area contributed by atoms with Crippen molar-refractivity contribution in [2.45, 2.75) is 69.6 Å². The Morgan fingerprint density at radius 1 is 1.38 bits per heavy atom. The molecule has 134 valence electrons. The Morgan fingerprint density at radius 2 is 2.00 bits per heavy atom. The maximum absolute atomic E-state index is 13.2. The highest BCUT2D eigenvalue weighted by Crippen LogP contribution is 2.50. The van der Waals surface area contributed by atoms with Gasteiger partial charge in [-0.1, -0.05) is 13.8 Å². The topological polar surface area (TPSA) is 56.2 Å². The van der Waals surface area contributed by atoms with Gasteiger partial charge >= 0.3 is 6.09 Å². The average molecular weight is 345 g/mol. The van der Waals surface area contributed by atoms with Crippen molar-refractivity contribution < 1.29 is 22.7 Å². The normalized spacial score (nSPS) is 26.0. The fourth-order valence-corrected chi connectivity index (χ4v) is 3.31. The number of hydrogen-bond donors (Lipinski definition) is 1. The minimum absolute atomic E-state index is 0.0112. The molecule has 0 unspecified atom stereocenters. The number of hydrogen-bond acceptors (Lipinski definition) is 3. The fourth-order valence-electron chi connectivity index (χ4n) is 3.31. The van der Waals surface area contributed by atoms with Crippen LogP contribution in [0.2, 0.25) is 0 Å². The van der Waals surface area contributed by atoms with Crippen molar-refractivity contribution in [3.05, 3.63) is 11.3 Å². The minimum atomic E-state index is -2.63. The lowest BCUT2D eigenvalue weighted by atomic mass is 9.77. The third-order valence-electron chi connectivity index (χ3n) is 4.70. The summed E-state index contributed by atoms with van der Waals surface area (Å²) < 4.78 is 45.8. The van der Waals surface area contributed by atoms with E-state index in [1.54, 1.807) is 7.05 Å². The fraction of sp³-hybridized carbons (Fsp3) is 0.750. The van der Waals surface area contributed by atoms with Gasteiger partial charge in [0.15, 0.2) is 0 Å². The van der Waals surface area contributed by atoms with Crippen molar-refractivity contribution in [2.75, 3.05) is 5.32 Å². The average Bonchev–Trinajstić information content (AvgIpc) is 2.71. The number of halogens is 3. The van der Waals surface area contributed by atoms with Crippen molar-refractivity contribution in [1.82, 2.24) is 9.78 Å². The number of nitrogens with one attached hydrogen (secondary N) is 1. The molecule has 0 aromatic carbocycles. The van der Waals surface area contributed by atoms with E-state index in [2.05, 4.69) is 10.4 Å². The molecule has 1 aromatic heterocycles. The number of aromatic nitrogens is 2. The van der Waals surface area contributed by atoms with Gasteiger partial charge in [-0.25, -0.2) is 18.0 Å². The number of rotatable bonds is 4. The SMILES string of the molecule is CC(C)c1c(C2CC(F)(F)C2)nn(C)c1NC(=O)O[C@H]1C[C@H](F)C1. The molecule has 1 N–H and O–H groups in total. The highest BCUT2D eigenvalue weighted by Gasteiger charge is 2.48. The summed E-state index contributed by atoms with van der Waals surface area (Å²) in [6, 6.07) is 0. The van der Waals surface area contributed by atoms with E-state index in [-0.39, 0.29) is 37.5 Å². The molecule has 24 heavy (non-hydrogen) atoms. The van der Waals surface area contributed by atoms with Crippen LogP contribution in [-0.2, 0) is 11.8 Å². The predicted molar refractivity (Wildman–Crippen MR) is 82.2 cm³/mol. The molecule has 2 fully saturated rings. The molecule has 1 aromatic rings. The van der Waals surface area contributed by atoms with Crippen LogP contribution in [0.25, 0.3) is 0 Å². The number of amides is 1. The second-order valence-electron chi connectivity index (χ2n) is 7.11. The largest absolute Gasteiger partial charge is 0.446 e. The van der Waals surface area contributed by atoms with Crippen LogP contribution in [0.4, 0.5) is 23.8 Å². The Hall–Kier alpha value is -1.73. The predicted octanol–water partition coefficient (Wildman–Crippen LogP) is 4.11.